The number of nitriles is 1. The van der Waals surface area contributed by atoms with Crippen LogP contribution in [0.25, 0.3) is 22.5 Å². The molecule has 2 aromatic heterocycles. The van der Waals surface area contributed by atoms with E-state index in [1.807, 2.05) is 92.7 Å². The van der Waals surface area contributed by atoms with Crippen LogP contribution in [0.15, 0.2) is 105 Å². The summed E-state index contributed by atoms with van der Waals surface area (Å²) in [5.74, 6) is -0.194. The Morgan fingerprint density at radius 2 is 1.30 bits per heavy atom. The minimum absolute atomic E-state index is 0.204. The number of H-pyrrole nitrogens is 4. The van der Waals surface area contributed by atoms with E-state index in [-0.39, 0.29) is 17.7 Å². The van der Waals surface area contributed by atoms with Gasteiger partial charge >= 0.3 is 0 Å². The molecule has 0 aliphatic rings. The maximum absolute atomic E-state index is 13.6. The summed E-state index contributed by atoms with van der Waals surface area (Å²) < 4.78 is 6.73. The SMILES string of the molecule is Cc1ccc(-c2[nH][nH]c(=O)c2C(c2ccc(OCc3ccccc3C#N)c(Br)c2)c2c(-c3ccc(C)cc3)[nH][nH]c2=O)cc1. The van der Waals surface area contributed by atoms with Crippen LogP contribution in [0.3, 0.4) is 0 Å². The van der Waals surface area contributed by atoms with Crippen molar-refractivity contribution in [2.75, 3.05) is 0 Å². The molecular formula is C35H28BrN5O3. The van der Waals surface area contributed by atoms with Crippen LogP contribution in [0.5, 0.6) is 5.75 Å². The Morgan fingerprint density at radius 1 is 0.750 bits per heavy atom. The molecule has 0 atom stereocenters. The number of rotatable bonds is 8. The number of ether oxygens (including phenoxy) is 1. The molecule has 4 aromatic carbocycles. The first-order valence-electron chi connectivity index (χ1n) is 14.0. The molecule has 2 heterocycles. The zero-order valence-electron chi connectivity index (χ0n) is 24.0. The highest BCUT2D eigenvalue weighted by Crippen LogP contribution is 2.40. The number of aromatic amines is 4. The highest BCUT2D eigenvalue weighted by atomic mass is 79.9. The van der Waals surface area contributed by atoms with E-state index in [0.717, 1.165) is 27.8 Å². The van der Waals surface area contributed by atoms with Crippen LogP contribution in [0.2, 0.25) is 0 Å². The number of benzene rings is 4. The van der Waals surface area contributed by atoms with Gasteiger partial charge in [-0.3, -0.25) is 30.0 Å². The van der Waals surface area contributed by atoms with E-state index >= 15 is 0 Å². The van der Waals surface area contributed by atoms with Crippen LogP contribution in [0, 0.1) is 25.2 Å². The second kappa shape index (κ2) is 12.1. The summed E-state index contributed by atoms with van der Waals surface area (Å²) in [6, 6.07) is 30.7. The number of aryl methyl sites for hydroxylation is 2. The second-order valence-electron chi connectivity index (χ2n) is 10.6. The molecule has 0 unspecified atom stereocenters. The van der Waals surface area contributed by atoms with Crippen molar-refractivity contribution in [3.8, 4) is 34.3 Å². The monoisotopic (exact) mass is 645 g/mol. The molecule has 0 fully saturated rings. The first-order valence-corrected chi connectivity index (χ1v) is 14.8. The zero-order chi connectivity index (χ0) is 30.8. The van der Waals surface area contributed by atoms with Crippen molar-refractivity contribution in [3.05, 3.63) is 155 Å². The van der Waals surface area contributed by atoms with Gasteiger partial charge in [0.05, 0.1) is 38.6 Å². The van der Waals surface area contributed by atoms with E-state index in [2.05, 4.69) is 42.4 Å². The number of nitrogens with one attached hydrogen (secondary N) is 4. The van der Waals surface area contributed by atoms with Crippen LogP contribution in [0.1, 0.15) is 44.9 Å². The molecule has 0 amide bonds. The molecule has 0 saturated carbocycles. The molecule has 44 heavy (non-hydrogen) atoms. The van der Waals surface area contributed by atoms with Crippen molar-refractivity contribution in [1.29, 1.82) is 5.26 Å². The van der Waals surface area contributed by atoms with Crippen LogP contribution in [-0.2, 0) is 6.61 Å². The van der Waals surface area contributed by atoms with Crippen LogP contribution in [-0.4, -0.2) is 20.4 Å². The second-order valence-corrected chi connectivity index (χ2v) is 11.5. The molecule has 6 rings (SSSR count). The standard InChI is InChI=1S/C35H28BrN5O3/c1-20-7-11-22(12-8-20)32-30(34(42)40-38-32)29(31-33(39-41-35(31)43)23-13-9-21(2)10-14-23)24-15-16-28(27(36)17-24)44-19-26-6-4-3-5-25(26)18-37/h3-17,29H,19H2,1-2H3,(H2,38,40,42)(H2,39,41,43). The highest BCUT2D eigenvalue weighted by Gasteiger charge is 2.31. The Kier molecular flexibility index (Phi) is 7.92. The summed E-state index contributed by atoms with van der Waals surface area (Å²) in [6.45, 7) is 4.20. The number of hydrogen-bond donors (Lipinski definition) is 4. The smallest absolute Gasteiger partial charge is 0.268 e. The fraction of sp³-hybridized carbons (Fsp3) is 0.114. The van der Waals surface area contributed by atoms with Crippen molar-refractivity contribution in [3.63, 3.8) is 0 Å². The average Bonchev–Trinajstić information content (AvgIpc) is 3.60. The van der Waals surface area contributed by atoms with Gasteiger partial charge in [-0.15, -0.1) is 0 Å². The number of halogens is 1. The largest absolute Gasteiger partial charge is 0.488 e. The maximum atomic E-state index is 13.6. The van der Waals surface area contributed by atoms with Crippen LogP contribution < -0.4 is 15.9 Å². The van der Waals surface area contributed by atoms with Gasteiger partial charge in [-0.25, -0.2) is 0 Å². The summed E-state index contributed by atoms with van der Waals surface area (Å²) >= 11 is 3.65. The molecule has 0 radical (unpaired) electrons. The molecule has 6 aromatic rings. The van der Waals surface area contributed by atoms with Crippen molar-refractivity contribution < 1.29 is 4.74 Å². The minimum atomic E-state index is -0.753. The first kappa shape index (κ1) is 28.8. The predicted molar refractivity (Wildman–Crippen MR) is 174 cm³/mol. The van der Waals surface area contributed by atoms with Gasteiger partial charge in [0, 0.05) is 11.5 Å². The van der Waals surface area contributed by atoms with Gasteiger partial charge in [0.15, 0.2) is 0 Å². The van der Waals surface area contributed by atoms with Crippen LogP contribution >= 0.6 is 15.9 Å². The highest BCUT2D eigenvalue weighted by molar-refractivity contribution is 9.10. The van der Waals surface area contributed by atoms with E-state index in [4.69, 9.17) is 4.74 Å². The lowest BCUT2D eigenvalue weighted by Gasteiger charge is -2.19. The Hall–Kier alpha value is -5.33. The van der Waals surface area contributed by atoms with Gasteiger partial charge in [0.1, 0.15) is 12.4 Å². The van der Waals surface area contributed by atoms with E-state index in [1.165, 1.54) is 0 Å². The fourth-order valence-corrected chi connectivity index (χ4v) is 5.89. The molecule has 4 N–H and O–H groups in total. The third-order valence-electron chi connectivity index (χ3n) is 7.70. The summed E-state index contributed by atoms with van der Waals surface area (Å²) in [7, 11) is 0. The normalized spacial score (nSPS) is 11.1. The quantitative estimate of drug-likeness (QED) is 0.141. The minimum Gasteiger partial charge on any atom is -0.488 e. The van der Waals surface area contributed by atoms with E-state index in [1.54, 1.807) is 12.1 Å². The maximum Gasteiger partial charge on any atom is 0.268 e. The lowest BCUT2D eigenvalue weighted by atomic mass is 9.83. The molecule has 0 aliphatic heterocycles. The van der Waals surface area contributed by atoms with Crippen molar-refractivity contribution in [2.24, 2.45) is 0 Å². The van der Waals surface area contributed by atoms with E-state index in [9.17, 15) is 14.9 Å². The summed E-state index contributed by atoms with van der Waals surface area (Å²) in [4.78, 5) is 27.2. The Bertz CT molecular complexity index is 2010. The number of hydrogen-bond acceptors (Lipinski definition) is 4. The lowest BCUT2D eigenvalue weighted by molar-refractivity contribution is 0.304. The molecule has 8 nitrogen and oxygen atoms in total. The van der Waals surface area contributed by atoms with Gasteiger partial charge in [-0.1, -0.05) is 83.9 Å². The van der Waals surface area contributed by atoms with Gasteiger partial charge < -0.3 is 4.74 Å². The zero-order valence-corrected chi connectivity index (χ0v) is 25.6. The molecule has 9 heteroatoms. The Balaban J connectivity index is 1.50. The van der Waals surface area contributed by atoms with Crippen molar-refractivity contribution >= 4 is 15.9 Å². The van der Waals surface area contributed by atoms with Crippen molar-refractivity contribution in [1.82, 2.24) is 20.4 Å². The third-order valence-corrected chi connectivity index (χ3v) is 8.32. The molecule has 218 valence electrons. The average molecular weight is 647 g/mol. The molecule has 0 saturated heterocycles. The van der Waals surface area contributed by atoms with Crippen LogP contribution in [0.4, 0.5) is 0 Å². The first-order chi connectivity index (χ1) is 21.3. The lowest BCUT2D eigenvalue weighted by Crippen LogP contribution is -2.20. The van der Waals surface area contributed by atoms with Gasteiger partial charge in [-0.2, -0.15) is 5.26 Å². The Morgan fingerprint density at radius 3 is 1.82 bits per heavy atom. The van der Waals surface area contributed by atoms with Gasteiger partial charge in [-0.05, 0) is 64.7 Å². The third kappa shape index (κ3) is 5.55. The predicted octanol–water partition coefficient (Wildman–Crippen LogP) is 7.06. The van der Waals surface area contributed by atoms with Gasteiger partial charge in [0.2, 0.25) is 0 Å². The molecule has 0 bridgehead atoms. The van der Waals surface area contributed by atoms with Gasteiger partial charge in [0.25, 0.3) is 11.1 Å². The topological polar surface area (TPSA) is 130 Å². The molecular weight excluding hydrogens is 618 g/mol. The van der Waals surface area contributed by atoms with E-state index < -0.39 is 5.92 Å². The molecule has 0 aliphatic carbocycles. The Labute approximate surface area is 261 Å². The summed E-state index contributed by atoms with van der Waals surface area (Å²) in [6.07, 6.45) is 0. The molecule has 0 spiro atoms. The number of aromatic nitrogens is 4. The number of nitrogens with zero attached hydrogens (tertiary/aromatic N) is 1. The summed E-state index contributed by atoms with van der Waals surface area (Å²) in [5, 5.41) is 21.1. The van der Waals surface area contributed by atoms with E-state index in [0.29, 0.717) is 43.9 Å². The summed E-state index contributed by atoms with van der Waals surface area (Å²) in [5.41, 5.74) is 7.19. The fourth-order valence-electron chi connectivity index (χ4n) is 5.38. The van der Waals surface area contributed by atoms with Crippen molar-refractivity contribution in [2.45, 2.75) is 26.4 Å².